The Hall–Kier alpha value is -0.860. The average molecular weight is 261 g/mol. The smallest absolute Gasteiger partial charge is 0.0529 e. The molecule has 1 fully saturated rings. The zero-order chi connectivity index (χ0) is 13.6. The van der Waals surface area contributed by atoms with Crippen molar-refractivity contribution in [2.45, 2.75) is 39.7 Å². The number of rotatable bonds is 9. The van der Waals surface area contributed by atoms with Crippen LogP contribution in [0.25, 0.3) is 0 Å². The van der Waals surface area contributed by atoms with Crippen LogP contribution in [0.3, 0.4) is 0 Å². The maximum absolute atomic E-state index is 5.81. The Morgan fingerprint density at radius 3 is 2.63 bits per heavy atom. The van der Waals surface area contributed by atoms with Crippen LogP contribution >= 0.6 is 0 Å². The Morgan fingerprint density at radius 1 is 1.21 bits per heavy atom. The largest absolute Gasteiger partial charge is 0.381 e. The van der Waals surface area contributed by atoms with Gasteiger partial charge < -0.3 is 10.1 Å². The zero-order valence-electron chi connectivity index (χ0n) is 12.3. The van der Waals surface area contributed by atoms with Gasteiger partial charge in [-0.15, -0.1) is 0 Å². The van der Waals surface area contributed by atoms with E-state index in [9.17, 15) is 0 Å². The topological polar surface area (TPSA) is 21.3 Å². The molecule has 2 heteroatoms. The number of ether oxygens (including phenoxy) is 1. The van der Waals surface area contributed by atoms with Gasteiger partial charge in [0.05, 0.1) is 6.61 Å². The quantitative estimate of drug-likeness (QED) is 0.686. The third-order valence-electron chi connectivity index (χ3n) is 3.64. The van der Waals surface area contributed by atoms with Gasteiger partial charge >= 0.3 is 0 Å². The lowest BCUT2D eigenvalue weighted by Gasteiger charge is -2.25. The Bertz CT molecular complexity index is 357. The predicted molar refractivity (Wildman–Crippen MR) is 80.1 cm³/mol. The van der Waals surface area contributed by atoms with E-state index in [1.807, 2.05) is 0 Å². The first-order valence-electron chi connectivity index (χ1n) is 7.48. The summed E-state index contributed by atoms with van der Waals surface area (Å²) in [7, 11) is 0. The molecule has 0 radical (unpaired) electrons. The van der Waals surface area contributed by atoms with Crippen LogP contribution in [-0.4, -0.2) is 19.8 Å². The first-order chi connectivity index (χ1) is 9.16. The van der Waals surface area contributed by atoms with Crippen LogP contribution in [0.4, 0.5) is 0 Å². The van der Waals surface area contributed by atoms with Crippen molar-refractivity contribution in [2.24, 2.45) is 11.3 Å². The maximum atomic E-state index is 5.81. The number of nitrogens with one attached hydrogen (secondary N) is 1. The number of hydrogen-bond donors (Lipinski definition) is 1. The molecule has 0 saturated heterocycles. The lowest BCUT2D eigenvalue weighted by Crippen LogP contribution is -2.33. The lowest BCUT2D eigenvalue weighted by atomic mass is 9.95. The second kappa shape index (κ2) is 7.06. The maximum Gasteiger partial charge on any atom is 0.0529 e. The minimum Gasteiger partial charge on any atom is -0.381 e. The molecule has 0 atom stereocenters. The zero-order valence-corrected chi connectivity index (χ0v) is 12.3. The first-order valence-corrected chi connectivity index (χ1v) is 7.48. The number of benzene rings is 1. The molecule has 2 rings (SSSR count). The number of hydrogen-bond acceptors (Lipinski definition) is 2. The highest BCUT2D eigenvalue weighted by Gasteiger charge is 2.22. The molecule has 1 aliphatic rings. The molecule has 0 bridgehead atoms. The minimum atomic E-state index is 0.207. The van der Waals surface area contributed by atoms with Crippen molar-refractivity contribution < 1.29 is 4.74 Å². The summed E-state index contributed by atoms with van der Waals surface area (Å²) in [6.07, 6.45) is 4.10. The van der Waals surface area contributed by atoms with Crippen LogP contribution in [0.1, 0.15) is 38.7 Å². The van der Waals surface area contributed by atoms with Gasteiger partial charge in [-0.05, 0) is 17.9 Å². The van der Waals surface area contributed by atoms with Gasteiger partial charge in [-0.1, -0.05) is 57.0 Å². The van der Waals surface area contributed by atoms with Crippen molar-refractivity contribution in [3.8, 4) is 0 Å². The minimum absolute atomic E-state index is 0.207. The summed E-state index contributed by atoms with van der Waals surface area (Å²) >= 11 is 0. The molecule has 2 nitrogen and oxygen atoms in total. The van der Waals surface area contributed by atoms with Crippen LogP contribution < -0.4 is 5.32 Å². The predicted octanol–water partition coefficient (Wildman–Crippen LogP) is 3.62. The molecule has 106 valence electrons. The molecule has 1 N–H and O–H groups in total. The molecular weight excluding hydrogens is 234 g/mol. The van der Waals surface area contributed by atoms with E-state index in [1.54, 1.807) is 0 Å². The van der Waals surface area contributed by atoms with E-state index in [0.29, 0.717) is 0 Å². The van der Waals surface area contributed by atoms with Crippen molar-refractivity contribution in [2.75, 3.05) is 19.8 Å². The van der Waals surface area contributed by atoms with Crippen LogP contribution in [0.15, 0.2) is 30.3 Å². The van der Waals surface area contributed by atoms with Crippen LogP contribution in [0.2, 0.25) is 0 Å². The van der Waals surface area contributed by atoms with Crippen LogP contribution in [0, 0.1) is 11.3 Å². The summed E-state index contributed by atoms with van der Waals surface area (Å²) in [5.41, 5.74) is 1.55. The lowest BCUT2D eigenvalue weighted by molar-refractivity contribution is 0.0584. The molecule has 1 saturated carbocycles. The van der Waals surface area contributed by atoms with Gasteiger partial charge in [0.25, 0.3) is 0 Å². The summed E-state index contributed by atoms with van der Waals surface area (Å²) < 4.78 is 5.81. The van der Waals surface area contributed by atoms with E-state index in [4.69, 9.17) is 4.74 Å². The average Bonchev–Trinajstić information content (AvgIpc) is 3.20. The van der Waals surface area contributed by atoms with Crippen molar-refractivity contribution in [1.82, 2.24) is 5.32 Å². The highest BCUT2D eigenvalue weighted by molar-refractivity contribution is 5.14. The molecule has 19 heavy (non-hydrogen) atoms. The van der Waals surface area contributed by atoms with E-state index >= 15 is 0 Å². The monoisotopic (exact) mass is 261 g/mol. The van der Waals surface area contributed by atoms with E-state index in [2.05, 4.69) is 49.5 Å². The summed E-state index contributed by atoms with van der Waals surface area (Å²) in [5.74, 6) is 0.972. The van der Waals surface area contributed by atoms with Crippen molar-refractivity contribution in [1.29, 1.82) is 0 Å². The fourth-order valence-electron chi connectivity index (χ4n) is 2.20. The van der Waals surface area contributed by atoms with E-state index < -0.39 is 0 Å². The Kier molecular flexibility index (Phi) is 5.41. The molecule has 0 amide bonds. The standard InChI is InChI=1S/C17H27NO/c1-17(2,14-19-11-10-15-8-9-15)13-18-12-16-6-4-3-5-7-16/h3-7,15,18H,8-14H2,1-2H3. The van der Waals surface area contributed by atoms with Gasteiger partial charge in [0.15, 0.2) is 0 Å². The Morgan fingerprint density at radius 2 is 1.95 bits per heavy atom. The fraction of sp³-hybridized carbons (Fsp3) is 0.647. The molecule has 0 heterocycles. The third-order valence-corrected chi connectivity index (χ3v) is 3.64. The van der Waals surface area contributed by atoms with E-state index in [0.717, 1.165) is 32.2 Å². The van der Waals surface area contributed by atoms with Crippen molar-refractivity contribution >= 4 is 0 Å². The van der Waals surface area contributed by atoms with Gasteiger partial charge in [-0.3, -0.25) is 0 Å². The SMILES string of the molecule is CC(C)(CNCc1ccccc1)COCCC1CC1. The van der Waals surface area contributed by atoms with E-state index in [1.165, 1.54) is 24.8 Å². The summed E-state index contributed by atoms with van der Waals surface area (Å²) in [6, 6.07) is 10.5. The summed E-state index contributed by atoms with van der Waals surface area (Å²) in [6.45, 7) is 8.25. The normalized spacial score (nSPS) is 15.7. The van der Waals surface area contributed by atoms with Crippen molar-refractivity contribution in [3.05, 3.63) is 35.9 Å². The second-order valence-electron chi connectivity index (χ2n) is 6.54. The van der Waals surface area contributed by atoms with Crippen LogP contribution in [-0.2, 0) is 11.3 Å². The van der Waals surface area contributed by atoms with Crippen molar-refractivity contribution in [3.63, 3.8) is 0 Å². The first kappa shape index (κ1) is 14.5. The fourth-order valence-corrected chi connectivity index (χ4v) is 2.20. The second-order valence-corrected chi connectivity index (χ2v) is 6.54. The van der Waals surface area contributed by atoms with Gasteiger partial charge in [0, 0.05) is 25.1 Å². The van der Waals surface area contributed by atoms with Gasteiger partial charge in [-0.25, -0.2) is 0 Å². The molecule has 0 spiro atoms. The van der Waals surface area contributed by atoms with Crippen LogP contribution in [0.5, 0.6) is 0 Å². The Labute approximate surface area is 117 Å². The molecular formula is C17H27NO. The molecule has 0 aromatic heterocycles. The van der Waals surface area contributed by atoms with E-state index in [-0.39, 0.29) is 5.41 Å². The summed E-state index contributed by atoms with van der Waals surface area (Å²) in [4.78, 5) is 0. The molecule has 1 aliphatic carbocycles. The van der Waals surface area contributed by atoms with Gasteiger partial charge in [0.1, 0.15) is 0 Å². The summed E-state index contributed by atoms with van der Waals surface area (Å²) in [5, 5.41) is 3.52. The highest BCUT2D eigenvalue weighted by atomic mass is 16.5. The molecule has 0 unspecified atom stereocenters. The molecule has 1 aromatic rings. The van der Waals surface area contributed by atoms with Gasteiger partial charge in [-0.2, -0.15) is 0 Å². The molecule has 0 aliphatic heterocycles. The molecule has 1 aromatic carbocycles. The van der Waals surface area contributed by atoms with Gasteiger partial charge in [0.2, 0.25) is 0 Å². The third kappa shape index (κ3) is 6.22. The highest BCUT2D eigenvalue weighted by Crippen LogP contribution is 2.32. The Balaban J connectivity index is 1.57.